The maximum atomic E-state index is 5.30. The van der Waals surface area contributed by atoms with Gasteiger partial charge >= 0.3 is 0 Å². The Morgan fingerprint density at radius 2 is 0.734 bits per heavy atom. The smallest absolute Gasteiger partial charge is 0.180 e. The van der Waals surface area contributed by atoms with Crippen molar-refractivity contribution in [1.29, 1.82) is 0 Å². The average Bonchev–Trinajstić information content (AvgIpc) is 3.68. The Bertz CT molecular complexity index is 3230. The van der Waals surface area contributed by atoms with E-state index in [9.17, 15) is 0 Å². The highest BCUT2D eigenvalue weighted by Crippen LogP contribution is 2.37. The average molecular weight is 837 g/mol. The summed E-state index contributed by atoms with van der Waals surface area (Å²) in [5, 5.41) is 7.73. The Morgan fingerprint density at radius 1 is 0.344 bits per heavy atom. The first-order valence-corrected chi connectivity index (χ1v) is 23.9. The van der Waals surface area contributed by atoms with Crippen LogP contribution >= 0.6 is 0 Å². The van der Waals surface area contributed by atoms with Crippen molar-refractivity contribution in [2.24, 2.45) is 0 Å². The number of hydrogen-bond acceptors (Lipinski definition) is 3. The minimum Gasteiger partial charge on any atom is -0.309 e. The Morgan fingerprint density at radius 3 is 1.20 bits per heavy atom. The maximum absolute atomic E-state index is 5.30. The molecule has 304 valence electrons. The van der Waals surface area contributed by atoms with Gasteiger partial charge in [0.15, 0.2) is 25.5 Å². The third-order valence-electron chi connectivity index (χ3n) is 12.5. The van der Waals surface area contributed by atoms with Gasteiger partial charge in [-0.25, -0.2) is 15.0 Å². The second kappa shape index (κ2) is 16.4. The third kappa shape index (κ3) is 6.83. The Balaban J connectivity index is 1.25. The van der Waals surface area contributed by atoms with E-state index in [2.05, 4.69) is 213 Å². The molecule has 0 aliphatic rings. The summed E-state index contributed by atoms with van der Waals surface area (Å²) in [4.78, 5) is 15.7. The molecule has 4 nitrogen and oxygen atoms in total. The normalized spacial score (nSPS) is 11.6. The summed E-state index contributed by atoms with van der Waals surface area (Å²) in [6.07, 6.45) is 0. The Labute approximate surface area is 374 Å². The topological polar surface area (TPSA) is 43.6 Å². The molecule has 0 amide bonds. The van der Waals surface area contributed by atoms with Crippen LogP contribution in [0.5, 0.6) is 0 Å². The molecule has 5 heteroatoms. The summed E-state index contributed by atoms with van der Waals surface area (Å²) in [6, 6.07) is 83.5. The molecule has 0 aliphatic heterocycles. The van der Waals surface area contributed by atoms with Crippen LogP contribution in [-0.2, 0) is 0 Å². The summed E-state index contributed by atoms with van der Waals surface area (Å²) < 4.78 is 2.42. The number of benzene rings is 9. The number of aromatic nitrogens is 4. The SMILES string of the molecule is Cc1ccc2c(c1)c1cc(C)ccc1n2-c1cc(-c2nc(-c3ccccc3)nc(-c3ccccc3)n2)cc(-c2ccccc2[Si](c2ccccc2)(c2ccccc2)c2ccccc2)c1. The predicted molar refractivity (Wildman–Crippen MR) is 269 cm³/mol. The highest BCUT2D eigenvalue weighted by molar-refractivity contribution is 7.20. The lowest BCUT2D eigenvalue weighted by atomic mass is 10.0. The molecular formula is C59H44N4Si. The van der Waals surface area contributed by atoms with Crippen LogP contribution < -0.4 is 20.7 Å². The summed E-state index contributed by atoms with van der Waals surface area (Å²) in [7, 11) is -2.96. The molecule has 0 radical (unpaired) electrons. The van der Waals surface area contributed by atoms with Gasteiger partial charge in [0.1, 0.15) is 0 Å². The van der Waals surface area contributed by atoms with Crippen molar-refractivity contribution < 1.29 is 0 Å². The van der Waals surface area contributed by atoms with E-state index in [1.54, 1.807) is 0 Å². The molecule has 0 unspecified atom stereocenters. The van der Waals surface area contributed by atoms with Gasteiger partial charge in [0.05, 0.1) is 11.0 Å². The lowest BCUT2D eigenvalue weighted by Crippen LogP contribution is -2.75. The molecule has 11 aromatic rings. The molecule has 0 bridgehead atoms. The molecule has 2 aromatic heterocycles. The predicted octanol–water partition coefficient (Wildman–Crippen LogP) is 11.6. The standard InChI is InChI=1S/C59H44N4Si/c1-41-32-34-54-52(36-41)53-37-42(2)33-35-55(53)63(54)47-39-45(38-46(40-47)59-61-57(43-20-8-3-9-21-43)60-58(62-59)44-22-10-4-11-23-44)51-30-18-19-31-56(51)64(48-24-12-5-13-25-48,49-26-14-6-15-27-49)50-28-16-7-17-29-50/h3-40H,1-2H3. The number of rotatable bonds is 9. The van der Waals surface area contributed by atoms with E-state index in [1.165, 1.54) is 48.2 Å². The summed E-state index contributed by atoms with van der Waals surface area (Å²) in [6.45, 7) is 4.34. The number of fused-ring (bicyclic) bond motifs is 3. The van der Waals surface area contributed by atoms with E-state index >= 15 is 0 Å². The van der Waals surface area contributed by atoms with Crippen LogP contribution in [0, 0.1) is 13.8 Å². The lowest BCUT2D eigenvalue weighted by Gasteiger charge is -2.36. The van der Waals surface area contributed by atoms with Crippen molar-refractivity contribution in [3.63, 3.8) is 0 Å². The van der Waals surface area contributed by atoms with Gasteiger partial charge in [-0.3, -0.25) is 0 Å². The van der Waals surface area contributed by atoms with Crippen LogP contribution in [-0.4, -0.2) is 27.6 Å². The van der Waals surface area contributed by atoms with Gasteiger partial charge in [0, 0.05) is 33.2 Å². The van der Waals surface area contributed by atoms with Gasteiger partial charge in [-0.1, -0.05) is 199 Å². The van der Waals surface area contributed by atoms with E-state index in [4.69, 9.17) is 15.0 Å². The third-order valence-corrected chi connectivity index (χ3v) is 17.3. The minimum absolute atomic E-state index is 0.610. The molecule has 11 rings (SSSR count). The summed E-state index contributed by atoms with van der Waals surface area (Å²) in [5.41, 5.74) is 10.8. The number of aryl methyl sites for hydroxylation is 2. The molecule has 0 saturated carbocycles. The molecule has 2 heterocycles. The summed E-state index contributed by atoms with van der Waals surface area (Å²) in [5.74, 6) is 1.87. The van der Waals surface area contributed by atoms with Gasteiger partial charge in [-0.2, -0.15) is 0 Å². The molecule has 0 fully saturated rings. The fourth-order valence-corrected chi connectivity index (χ4v) is 14.6. The van der Waals surface area contributed by atoms with E-state index < -0.39 is 8.07 Å². The second-order valence-corrected chi connectivity index (χ2v) is 20.3. The van der Waals surface area contributed by atoms with Crippen LogP contribution in [0.15, 0.2) is 231 Å². The molecule has 0 atom stereocenters. The minimum atomic E-state index is -2.96. The first kappa shape index (κ1) is 38.9. The summed E-state index contributed by atoms with van der Waals surface area (Å²) >= 11 is 0. The zero-order valence-corrected chi connectivity index (χ0v) is 36.7. The van der Waals surface area contributed by atoms with Crippen molar-refractivity contribution >= 4 is 50.6 Å². The van der Waals surface area contributed by atoms with Gasteiger partial charge in [0.2, 0.25) is 0 Å². The highest BCUT2D eigenvalue weighted by Gasteiger charge is 2.43. The van der Waals surface area contributed by atoms with Gasteiger partial charge in [-0.05, 0) is 88.2 Å². The van der Waals surface area contributed by atoms with Crippen LogP contribution in [0.4, 0.5) is 0 Å². The van der Waals surface area contributed by atoms with Crippen LogP contribution in [0.3, 0.4) is 0 Å². The van der Waals surface area contributed by atoms with Crippen LogP contribution in [0.25, 0.3) is 72.8 Å². The van der Waals surface area contributed by atoms with Gasteiger partial charge < -0.3 is 4.57 Å². The Kier molecular flexibility index (Phi) is 9.95. The fourth-order valence-electron chi connectivity index (χ4n) is 9.58. The van der Waals surface area contributed by atoms with E-state index in [0.29, 0.717) is 17.5 Å². The van der Waals surface area contributed by atoms with Crippen molar-refractivity contribution in [1.82, 2.24) is 19.5 Å². The highest BCUT2D eigenvalue weighted by atomic mass is 28.3. The number of hydrogen-bond donors (Lipinski definition) is 0. The fraction of sp³-hybridized carbons (Fsp3) is 0.0339. The van der Waals surface area contributed by atoms with Crippen LogP contribution in [0.1, 0.15) is 11.1 Å². The van der Waals surface area contributed by atoms with Crippen molar-refractivity contribution in [3.05, 3.63) is 242 Å². The first-order valence-electron chi connectivity index (χ1n) is 21.9. The number of nitrogens with zero attached hydrogens (tertiary/aromatic N) is 4. The Hall–Kier alpha value is -7.99. The van der Waals surface area contributed by atoms with Crippen molar-refractivity contribution in [2.45, 2.75) is 13.8 Å². The van der Waals surface area contributed by atoms with E-state index in [-0.39, 0.29) is 0 Å². The lowest BCUT2D eigenvalue weighted by molar-refractivity contribution is 1.07. The second-order valence-electron chi connectivity index (χ2n) is 16.6. The van der Waals surface area contributed by atoms with E-state index in [1.807, 2.05) is 36.4 Å². The van der Waals surface area contributed by atoms with Crippen LogP contribution in [0.2, 0.25) is 0 Å². The molecular weight excluding hydrogens is 793 g/mol. The monoisotopic (exact) mass is 836 g/mol. The first-order chi connectivity index (χ1) is 31.5. The zero-order chi connectivity index (χ0) is 43.0. The zero-order valence-electron chi connectivity index (χ0n) is 35.7. The van der Waals surface area contributed by atoms with Gasteiger partial charge in [0.25, 0.3) is 0 Å². The molecule has 0 saturated heterocycles. The largest absolute Gasteiger partial charge is 0.309 e. The molecule has 9 aromatic carbocycles. The molecule has 0 aliphatic carbocycles. The quantitative estimate of drug-likeness (QED) is 0.107. The molecule has 64 heavy (non-hydrogen) atoms. The van der Waals surface area contributed by atoms with Gasteiger partial charge in [-0.15, -0.1) is 0 Å². The van der Waals surface area contributed by atoms with Crippen molar-refractivity contribution in [3.8, 4) is 51.0 Å². The molecule has 0 spiro atoms. The molecule has 0 N–H and O–H groups in total. The van der Waals surface area contributed by atoms with E-state index in [0.717, 1.165) is 39.0 Å². The van der Waals surface area contributed by atoms with Crippen molar-refractivity contribution in [2.75, 3.05) is 0 Å². The maximum Gasteiger partial charge on any atom is 0.180 e.